The highest BCUT2D eigenvalue weighted by Crippen LogP contribution is 2.53. The highest BCUT2D eigenvalue weighted by molar-refractivity contribution is 5.28. The van der Waals surface area contributed by atoms with Gasteiger partial charge in [-0.1, -0.05) is 67.9 Å². The van der Waals surface area contributed by atoms with Crippen LogP contribution in [-0.2, 0) is 13.0 Å². The van der Waals surface area contributed by atoms with Crippen LogP contribution in [0.3, 0.4) is 0 Å². The molecule has 2 aromatic carbocycles. The summed E-state index contributed by atoms with van der Waals surface area (Å²) >= 11 is 0. The monoisotopic (exact) mass is 485 g/mol. The van der Waals surface area contributed by atoms with Gasteiger partial charge in [-0.25, -0.2) is 0 Å². The van der Waals surface area contributed by atoms with Crippen LogP contribution < -0.4 is 0 Å². The minimum absolute atomic E-state index is 0.0577. The van der Waals surface area contributed by atoms with Crippen LogP contribution in [0.5, 0.6) is 0 Å². The topological polar surface area (TPSA) is 3.24 Å². The number of hydrogen-bond donors (Lipinski definition) is 0. The van der Waals surface area contributed by atoms with E-state index in [1.165, 1.54) is 17.7 Å². The lowest BCUT2D eigenvalue weighted by Crippen LogP contribution is -2.42. The second-order valence-electron chi connectivity index (χ2n) is 9.50. The zero-order valence-electron chi connectivity index (χ0n) is 19.7. The van der Waals surface area contributed by atoms with E-state index in [4.69, 9.17) is 0 Å². The molecule has 0 radical (unpaired) electrons. The fourth-order valence-electron chi connectivity index (χ4n) is 5.37. The lowest BCUT2D eigenvalue weighted by Gasteiger charge is -2.40. The third kappa shape index (κ3) is 6.77. The van der Waals surface area contributed by atoms with Crippen LogP contribution >= 0.6 is 0 Å². The highest BCUT2D eigenvalue weighted by Gasteiger charge is 2.56. The Morgan fingerprint density at radius 1 is 0.824 bits per heavy atom. The molecule has 0 spiro atoms. The number of alkyl halides is 6. The van der Waals surface area contributed by atoms with Crippen LogP contribution in [0.4, 0.5) is 26.3 Å². The zero-order chi connectivity index (χ0) is 24.9. The molecule has 3 atom stereocenters. The fraction of sp³-hybridized carbons (Fsp3) is 0.556. The molecule has 1 aliphatic carbocycles. The molecule has 0 N–H and O–H groups in total. The largest absolute Gasteiger partial charge is 0.392 e. The van der Waals surface area contributed by atoms with Crippen molar-refractivity contribution in [3.05, 3.63) is 71.3 Å². The summed E-state index contributed by atoms with van der Waals surface area (Å²) < 4.78 is 81.8. The molecule has 1 nitrogen and oxygen atoms in total. The molecule has 0 aromatic heterocycles. The van der Waals surface area contributed by atoms with Crippen LogP contribution in [-0.4, -0.2) is 30.3 Å². The van der Waals surface area contributed by atoms with E-state index in [0.717, 1.165) is 24.9 Å². The Morgan fingerprint density at radius 2 is 1.38 bits per heavy atom. The molecule has 0 aliphatic heterocycles. The maximum atomic E-state index is 13.6. The van der Waals surface area contributed by atoms with E-state index < -0.39 is 30.1 Å². The molecule has 1 fully saturated rings. The first-order valence-electron chi connectivity index (χ1n) is 12.0. The van der Waals surface area contributed by atoms with Crippen LogP contribution in [0, 0.1) is 11.8 Å². The molecule has 0 bridgehead atoms. The molecule has 3 rings (SSSR count). The Labute approximate surface area is 198 Å². The van der Waals surface area contributed by atoms with E-state index in [1.54, 1.807) is 12.1 Å². The first-order chi connectivity index (χ1) is 16.0. The molecule has 1 saturated carbocycles. The Kier molecular flexibility index (Phi) is 8.72. The van der Waals surface area contributed by atoms with Crippen molar-refractivity contribution in [2.45, 2.75) is 76.3 Å². The Bertz CT molecular complexity index is 853. The van der Waals surface area contributed by atoms with Gasteiger partial charge in [0.25, 0.3) is 0 Å². The minimum atomic E-state index is -4.65. The lowest BCUT2D eigenvalue weighted by molar-refractivity contribution is -0.231. The normalized spacial score (nSPS) is 22.7. The first kappa shape index (κ1) is 26.6. The van der Waals surface area contributed by atoms with Crippen molar-refractivity contribution in [1.82, 2.24) is 4.90 Å². The second kappa shape index (κ2) is 11.1. The van der Waals surface area contributed by atoms with Gasteiger partial charge in [-0.3, -0.25) is 4.90 Å². The van der Waals surface area contributed by atoms with Crippen molar-refractivity contribution < 1.29 is 26.3 Å². The van der Waals surface area contributed by atoms with E-state index in [0.29, 0.717) is 12.5 Å². The van der Waals surface area contributed by atoms with Crippen LogP contribution in [0.25, 0.3) is 0 Å². The van der Waals surface area contributed by atoms with Gasteiger partial charge in [0.05, 0.1) is 11.8 Å². The summed E-state index contributed by atoms with van der Waals surface area (Å²) in [7, 11) is 2.07. The van der Waals surface area contributed by atoms with Crippen molar-refractivity contribution in [1.29, 1.82) is 0 Å². The van der Waals surface area contributed by atoms with Gasteiger partial charge in [-0.05, 0) is 55.8 Å². The first-order valence-corrected chi connectivity index (χ1v) is 12.0. The molecule has 34 heavy (non-hydrogen) atoms. The standard InChI is InChI=1S/C27H33F6N/c1-3-22(34(2)18-20-8-5-4-6-9-20)17-14-19-12-15-21(16-13-19)25-23(26(28,29)30)10-7-11-24(25)27(31,32)33/h4-6,8-9,12-13,15-16,22-25H,3,7,10-11,14,17-18H2,1-2H3. The maximum absolute atomic E-state index is 13.6. The Hall–Kier alpha value is -2.02. The van der Waals surface area contributed by atoms with Gasteiger partial charge < -0.3 is 0 Å². The summed E-state index contributed by atoms with van der Waals surface area (Å²) in [6, 6.07) is 16.8. The fourth-order valence-corrected chi connectivity index (χ4v) is 5.37. The average molecular weight is 486 g/mol. The number of rotatable bonds is 8. The van der Waals surface area contributed by atoms with Gasteiger partial charge in [-0.15, -0.1) is 0 Å². The van der Waals surface area contributed by atoms with E-state index in [9.17, 15) is 26.3 Å². The predicted molar refractivity (Wildman–Crippen MR) is 122 cm³/mol. The maximum Gasteiger partial charge on any atom is 0.392 e. The molecule has 0 amide bonds. The molecule has 0 saturated heterocycles. The van der Waals surface area contributed by atoms with Crippen LogP contribution in [0.1, 0.15) is 61.6 Å². The van der Waals surface area contributed by atoms with Gasteiger partial charge in [-0.2, -0.15) is 26.3 Å². The number of benzene rings is 2. The van der Waals surface area contributed by atoms with Gasteiger partial charge in [0.15, 0.2) is 0 Å². The van der Waals surface area contributed by atoms with Crippen molar-refractivity contribution in [2.24, 2.45) is 11.8 Å². The smallest absolute Gasteiger partial charge is 0.299 e. The van der Waals surface area contributed by atoms with Gasteiger partial charge >= 0.3 is 12.4 Å². The summed E-state index contributed by atoms with van der Waals surface area (Å²) in [5.41, 5.74) is 2.29. The quantitative estimate of drug-likeness (QED) is 0.341. The summed E-state index contributed by atoms with van der Waals surface area (Å²) in [5.74, 6) is -5.51. The Balaban J connectivity index is 1.70. The summed E-state index contributed by atoms with van der Waals surface area (Å²) in [5, 5.41) is 0. The van der Waals surface area contributed by atoms with Crippen LogP contribution in [0.15, 0.2) is 54.6 Å². The molecular formula is C27H33F6N. The number of halogens is 6. The van der Waals surface area contributed by atoms with Crippen molar-refractivity contribution >= 4 is 0 Å². The van der Waals surface area contributed by atoms with E-state index in [2.05, 4.69) is 31.0 Å². The Morgan fingerprint density at radius 3 is 1.88 bits per heavy atom. The highest BCUT2D eigenvalue weighted by atomic mass is 19.4. The molecule has 3 unspecified atom stereocenters. The van der Waals surface area contributed by atoms with Crippen molar-refractivity contribution in [3.63, 3.8) is 0 Å². The van der Waals surface area contributed by atoms with Gasteiger partial charge in [0, 0.05) is 18.5 Å². The molecule has 1 aliphatic rings. The summed E-state index contributed by atoms with van der Waals surface area (Å²) in [6.45, 7) is 2.94. The summed E-state index contributed by atoms with van der Waals surface area (Å²) in [6.07, 6.45) is -7.34. The van der Waals surface area contributed by atoms with Gasteiger partial charge in [0.2, 0.25) is 0 Å². The molecule has 7 heteroatoms. The van der Waals surface area contributed by atoms with Crippen molar-refractivity contribution in [3.8, 4) is 0 Å². The average Bonchev–Trinajstić information content (AvgIpc) is 2.79. The van der Waals surface area contributed by atoms with Crippen LogP contribution in [0.2, 0.25) is 0 Å². The SMILES string of the molecule is CCC(CCc1ccc(C2C(C(F)(F)F)CCCC2C(F)(F)F)cc1)N(C)Cc1ccccc1. The number of aryl methyl sites for hydroxylation is 1. The molecule has 188 valence electrons. The number of hydrogen-bond acceptors (Lipinski definition) is 1. The number of nitrogens with zero attached hydrogens (tertiary/aromatic N) is 1. The third-order valence-corrected chi connectivity index (χ3v) is 7.24. The lowest BCUT2D eigenvalue weighted by atomic mass is 9.68. The van der Waals surface area contributed by atoms with E-state index >= 15 is 0 Å². The zero-order valence-corrected chi connectivity index (χ0v) is 19.7. The van der Waals surface area contributed by atoms with Gasteiger partial charge in [0.1, 0.15) is 0 Å². The second-order valence-corrected chi connectivity index (χ2v) is 9.50. The van der Waals surface area contributed by atoms with Crippen molar-refractivity contribution in [2.75, 3.05) is 7.05 Å². The molecular weight excluding hydrogens is 452 g/mol. The third-order valence-electron chi connectivity index (χ3n) is 7.24. The minimum Gasteiger partial charge on any atom is -0.299 e. The summed E-state index contributed by atoms with van der Waals surface area (Å²) in [4.78, 5) is 2.29. The predicted octanol–water partition coefficient (Wildman–Crippen LogP) is 8.15. The molecule has 2 aromatic rings. The van der Waals surface area contributed by atoms with E-state index in [1.807, 2.05) is 18.2 Å². The molecule has 0 heterocycles. The van der Waals surface area contributed by atoms with E-state index in [-0.39, 0.29) is 24.8 Å².